The molecule has 0 saturated carbocycles. The van der Waals surface area contributed by atoms with Gasteiger partial charge in [-0.05, 0) is 85.4 Å². The Labute approximate surface area is 211 Å². The lowest BCUT2D eigenvalue weighted by atomic mass is 9.93. The minimum Gasteiger partial charge on any atom is -0.444 e. The average molecular weight is 486 g/mol. The van der Waals surface area contributed by atoms with Gasteiger partial charge in [0.1, 0.15) is 17.7 Å². The topological polar surface area (TPSA) is 87.7 Å². The fourth-order valence-corrected chi connectivity index (χ4v) is 3.70. The zero-order chi connectivity index (χ0) is 27.1. The van der Waals surface area contributed by atoms with E-state index in [4.69, 9.17) is 11.2 Å². The summed E-state index contributed by atoms with van der Waals surface area (Å²) in [6, 6.07) is 5.12. The Morgan fingerprint density at radius 2 is 1.51 bits per heavy atom. The molecule has 1 aromatic rings. The minimum atomic E-state index is -0.924. The number of hydrogen-bond donors (Lipinski definition) is 2. The number of amides is 3. The van der Waals surface area contributed by atoms with Gasteiger partial charge in [-0.25, -0.2) is 4.79 Å². The Kier molecular flexibility index (Phi) is 10.4. The van der Waals surface area contributed by atoms with Gasteiger partial charge in [-0.1, -0.05) is 31.9 Å². The molecule has 7 heteroatoms. The number of nitrogens with one attached hydrogen (secondary N) is 2. The van der Waals surface area contributed by atoms with Crippen molar-refractivity contribution < 1.29 is 19.1 Å². The molecule has 0 heterocycles. The molecule has 2 unspecified atom stereocenters. The van der Waals surface area contributed by atoms with Gasteiger partial charge in [-0.15, -0.1) is 6.42 Å². The highest BCUT2D eigenvalue weighted by Gasteiger charge is 2.42. The maximum atomic E-state index is 14.1. The third-order valence-electron chi connectivity index (χ3n) is 4.99. The molecule has 1 aromatic carbocycles. The lowest BCUT2D eigenvalue weighted by Gasteiger charge is -2.43. The molecule has 3 amide bonds. The first-order chi connectivity index (χ1) is 16.0. The van der Waals surface area contributed by atoms with Crippen LogP contribution in [0.3, 0.4) is 0 Å². The molecule has 0 fully saturated rings. The molecule has 0 aliphatic rings. The molecule has 2 atom stereocenters. The monoisotopic (exact) mass is 485 g/mol. The number of rotatable bonds is 8. The predicted molar refractivity (Wildman–Crippen MR) is 140 cm³/mol. The highest BCUT2D eigenvalue weighted by Crippen LogP contribution is 2.31. The minimum absolute atomic E-state index is 0.110. The van der Waals surface area contributed by atoms with Crippen LogP contribution >= 0.6 is 0 Å². The summed E-state index contributed by atoms with van der Waals surface area (Å²) < 4.78 is 5.42. The quantitative estimate of drug-likeness (QED) is 0.518. The fraction of sp³-hybridized carbons (Fsp3) is 0.607. The lowest BCUT2D eigenvalue weighted by molar-refractivity contribution is -0.149. The van der Waals surface area contributed by atoms with E-state index in [1.807, 2.05) is 48.5 Å². The van der Waals surface area contributed by atoms with E-state index >= 15 is 0 Å². The van der Waals surface area contributed by atoms with Crippen LogP contribution in [0.15, 0.2) is 24.3 Å². The van der Waals surface area contributed by atoms with Crippen LogP contribution in [-0.2, 0) is 14.3 Å². The van der Waals surface area contributed by atoms with Crippen molar-refractivity contribution in [3.05, 3.63) is 35.4 Å². The van der Waals surface area contributed by atoms with Gasteiger partial charge in [0.05, 0.1) is 0 Å². The number of alkyl carbamates (subject to hydrolysis) is 1. The van der Waals surface area contributed by atoms with Crippen LogP contribution in [0.5, 0.6) is 0 Å². The van der Waals surface area contributed by atoms with Crippen molar-refractivity contribution >= 4 is 17.9 Å². The highest BCUT2D eigenvalue weighted by molar-refractivity contribution is 5.92. The second kappa shape index (κ2) is 12.1. The Morgan fingerprint density at radius 1 is 0.971 bits per heavy atom. The van der Waals surface area contributed by atoms with E-state index in [0.717, 1.165) is 0 Å². The molecule has 1 rings (SSSR count). The molecular formula is C28H43N3O4. The Bertz CT molecular complexity index is 915. The number of hydrogen-bond acceptors (Lipinski definition) is 4. The third kappa shape index (κ3) is 9.64. The van der Waals surface area contributed by atoms with Gasteiger partial charge in [0, 0.05) is 17.1 Å². The smallest absolute Gasteiger partial charge is 0.408 e. The van der Waals surface area contributed by atoms with Crippen molar-refractivity contribution in [3.8, 4) is 12.3 Å². The number of nitrogens with zero attached hydrogens (tertiary/aromatic N) is 1. The predicted octanol–water partition coefficient (Wildman–Crippen LogP) is 4.80. The number of ether oxygens (including phenoxy) is 1. The standard InChI is InChI=1S/C28H43N3O4/c1-12-20-13-15-21(16-14-20)23(24(32)29-19(4)5)31(27(6,7)8)25(33)22(17-18(2)3)30-26(34)35-28(9,10)11/h1,13-16,18-19,22-23H,17H2,2-11H3,(H,29,32)(H,30,34). The molecule has 194 valence electrons. The van der Waals surface area contributed by atoms with Crippen LogP contribution in [0.4, 0.5) is 4.79 Å². The zero-order valence-electron chi connectivity index (χ0n) is 23.0. The zero-order valence-corrected chi connectivity index (χ0v) is 23.0. The first-order valence-electron chi connectivity index (χ1n) is 12.2. The first kappa shape index (κ1) is 30.0. The van der Waals surface area contributed by atoms with E-state index < -0.39 is 29.3 Å². The van der Waals surface area contributed by atoms with Crippen molar-refractivity contribution in [2.45, 2.75) is 105 Å². The van der Waals surface area contributed by atoms with Crippen molar-refractivity contribution in [3.63, 3.8) is 0 Å². The SMILES string of the molecule is C#Cc1ccc(C(C(=O)NC(C)C)N(C(=O)C(CC(C)C)NC(=O)OC(C)(C)C)C(C)(C)C)cc1. The molecule has 0 aliphatic carbocycles. The van der Waals surface area contributed by atoms with Crippen molar-refractivity contribution in [2.75, 3.05) is 0 Å². The van der Waals surface area contributed by atoms with Gasteiger partial charge >= 0.3 is 6.09 Å². The van der Waals surface area contributed by atoms with Crippen molar-refractivity contribution in [1.29, 1.82) is 0 Å². The van der Waals surface area contributed by atoms with Crippen LogP contribution in [0, 0.1) is 18.3 Å². The van der Waals surface area contributed by atoms with Crippen LogP contribution in [0.25, 0.3) is 0 Å². The average Bonchev–Trinajstić information content (AvgIpc) is 2.67. The van der Waals surface area contributed by atoms with Crippen LogP contribution in [0.2, 0.25) is 0 Å². The number of terminal acetylenes is 1. The molecule has 7 nitrogen and oxygen atoms in total. The maximum absolute atomic E-state index is 14.1. The summed E-state index contributed by atoms with van der Waals surface area (Å²) in [5, 5.41) is 5.69. The molecule has 0 saturated heterocycles. The largest absolute Gasteiger partial charge is 0.444 e. The second-order valence-corrected chi connectivity index (χ2v) is 11.5. The van der Waals surface area contributed by atoms with E-state index in [0.29, 0.717) is 17.5 Å². The van der Waals surface area contributed by atoms with E-state index in [2.05, 4.69) is 16.6 Å². The van der Waals surface area contributed by atoms with Gasteiger partial charge in [-0.2, -0.15) is 0 Å². The molecule has 0 radical (unpaired) electrons. The van der Waals surface area contributed by atoms with Gasteiger partial charge in [0.2, 0.25) is 11.8 Å². The molecule has 0 aromatic heterocycles. The van der Waals surface area contributed by atoms with Gasteiger partial charge in [0.15, 0.2) is 0 Å². The summed E-state index contributed by atoms with van der Waals surface area (Å²) in [6.07, 6.45) is 5.22. The summed E-state index contributed by atoms with van der Waals surface area (Å²) in [5.41, 5.74) is -0.149. The van der Waals surface area contributed by atoms with Gasteiger partial charge < -0.3 is 20.3 Å². The summed E-state index contributed by atoms with van der Waals surface area (Å²) in [4.78, 5) is 41.8. The number of carbonyl (C=O) groups is 3. The summed E-state index contributed by atoms with van der Waals surface area (Å²) >= 11 is 0. The third-order valence-corrected chi connectivity index (χ3v) is 4.99. The number of benzene rings is 1. The molecule has 2 N–H and O–H groups in total. The van der Waals surface area contributed by atoms with Gasteiger partial charge in [0.25, 0.3) is 0 Å². The Morgan fingerprint density at radius 3 is 1.91 bits per heavy atom. The van der Waals surface area contributed by atoms with Crippen LogP contribution < -0.4 is 10.6 Å². The fourth-order valence-electron chi connectivity index (χ4n) is 3.70. The van der Waals surface area contributed by atoms with E-state index in [9.17, 15) is 14.4 Å². The second-order valence-electron chi connectivity index (χ2n) is 11.5. The lowest BCUT2D eigenvalue weighted by Crippen LogP contribution is -2.59. The van der Waals surface area contributed by atoms with Crippen LogP contribution in [-0.4, -0.2) is 46.0 Å². The van der Waals surface area contributed by atoms with Crippen molar-refractivity contribution in [2.24, 2.45) is 5.92 Å². The molecule has 35 heavy (non-hydrogen) atoms. The Hall–Kier alpha value is -3.01. The first-order valence-corrected chi connectivity index (χ1v) is 12.2. The molecular weight excluding hydrogens is 442 g/mol. The van der Waals surface area contributed by atoms with Crippen LogP contribution in [0.1, 0.15) is 92.8 Å². The summed E-state index contributed by atoms with van der Waals surface area (Å²) in [6.45, 7) is 18.6. The molecule has 0 bridgehead atoms. The molecule has 0 spiro atoms. The van der Waals surface area contributed by atoms with Gasteiger partial charge in [-0.3, -0.25) is 9.59 Å². The normalized spacial score (nSPS) is 13.6. The highest BCUT2D eigenvalue weighted by atomic mass is 16.6. The van der Waals surface area contributed by atoms with E-state index in [1.54, 1.807) is 49.9 Å². The van der Waals surface area contributed by atoms with E-state index in [1.165, 1.54) is 0 Å². The summed E-state index contributed by atoms with van der Waals surface area (Å²) in [5.74, 6) is 2.02. The molecule has 0 aliphatic heterocycles. The summed E-state index contributed by atoms with van der Waals surface area (Å²) in [7, 11) is 0. The maximum Gasteiger partial charge on any atom is 0.408 e. The van der Waals surface area contributed by atoms with Crippen molar-refractivity contribution in [1.82, 2.24) is 15.5 Å². The Balaban J connectivity index is 3.57. The number of carbonyl (C=O) groups excluding carboxylic acids is 3. The van der Waals surface area contributed by atoms with E-state index in [-0.39, 0.29) is 23.8 Å².